The predicted molar refractivity (Wildman–Crippen MR) is 89.1 cm³/mol. The Labute approximate surface area is 137 Å². The SMILES string of the molecule is C.CCN[C@H]1C[C@H](C)S(=O)(=O)c2sc(S(C)(=O)=O)cc21.Cl. The molecule has 1 aromatic heterocycles. The fraction of sp³-hybridized carbons (Fsp3) is 0.667. The first kappa shape index (κ1) is 20.9. The number of halogens is 1. The molecule has 2 heterocycles. The molecule has 21 heavy (non-hydrogen) atoms. The van der Waals surface area contributed by atoms with Gasteiger partial charge in [0, 0.05) is 12.3 Å². The summed E-state index contributed by atoms with van der Waals surface area (Å²) < 4.78 is 48.1. The van der Waals surface area contributed by atoms with Crippen molar-refractivity contribution >= 4 is 43.4 Å². The predicted octanol–water partition coefficient (Wildman–Crippen LogP) is 2.43. The van der Waals surface area contributed by atoms with Crippen LogP contribution in [0.3, 0.4) is 0 Å². The smallest absolute Gasteiger partial charge is 0.190 e. The van der Waals surface area contributed by atoms with E-state index in [2.05, 4.69) is 5.32 Å². The van der Waals surface area contributed by atoms with Gasteiger partial charge >= 0.3 is 0 Å². The summed E-state index contributed by atoms with van der Waals surface area (Å²) in [5.41, 5.74) is 0.602. The minimum absolute atomic E-state index is 0. The molecule has 0 aromatic carbocycles. The third-order valence-electron chi connectivity index (χ3n) is 3.25. The third kappa shape index (κ3) is 3.79. The van der Waals surface area contributed by atoms with Crippen LogP contribution >= 0.6 is 23.7 Å². The van der Waals surface area contributed by atoms with Gasteiger partial charge in [0.25, 0.3) is 0 Å². The fourth-order valence-corrected chi connectivity index (χ4v) is 6.83. The Morgan fingerprint density at radius 1 is 1.43 bits per heavy atom. The summed E-state index contributed by atoms with van der Waals surface area (Å²) in [6.45, 7) is 4.32. The molecule has 2 rings (SSSR count). The van der Waals surface area contributed by atoms with Crippen molar-refractivity contribution in [1.29, 1.82) is 0 Å². The van der Waals surface area contributed by atoms with Crippen molar-refractivity contribution in [2.24, 2.45) is 0 Å². The van der Waals surface area contributed by atoms with Crippen molar-refractivity contribution in [1.82, 2.24) is 5.32 Å². The molecular formula is C12H22ClNO4S3. The van der Waals surface area contributed by atoms with E-state index in [-0.39, 0.29) is 34.3 Å². The largest absolute Gasteiger partial charge is 0.310 e. The molecule has 0 fully saturated rings. The maximum absolute atomic E-state index is 12.3. The van der Waals surface area contributed by atoms with Crippen LogP contribution in [0.2, 0.25) is 0 Å². The lowest BCUT2D eigenvalue weighted by molar-refractivity contribution is 0.477. The van der Waals surface area contributed by atoms with Gasteiger partial charge in [-0.05, 0) is 31.5 Å². The molecule has 0 unspecified atom stereocenters. The zero-order chi connectivity index (χ0) is 14.4. The van der Waals surface area contributed by atoms with E-state index in [4.69, 9.17) is 0 Å². The van der Waals surface area contributed by atoms with Gasteiger partial charge in [-0.25, -0.2) is 16.8 Å². The van der Waals surface area contributed by atoms with E-state index in [1.807, 2.05) is 6.92 Å². The van der Waals surface area contributed by atoms with E-state index in [1.54, 1.807) is 6.92 Å². The van der Waals surface area contributed by atoms with Gasteiger partial charge in [-0.15, -0.1) is 23.7 Å². The minimum atomic E-state index is -3.40. The van der Waals surface area contributed by atoms with E-state index >= 15 is 0 Å². The molecule has 0 saturated heterocycles. The molecule has 9 heteroatoms. The zero-order valence-corrected chi connectivity index (χ0v) is 14.7. The fourth-order valence-electron chi connectivity index (χ4n) is 2.22. The van der Waals surface area contributed by atoms with Crippen LogP contribution in [0.5, 0.6) is 0 Å². The Morgan fingerprint density at radius 2 is 2.00 bits per heavy atom. The normalized spacial score (nSPS) is 23.6. The Hall–Kier alpha value is -0.150. The lowest BCUT2D eigenvalue weighted by Crippen LogP contribution is -2.33. The van der Waals surface area contributed by atoms with Crippen LogP contribution in [0, 0.1) is 0 Å². The van der Waals surface area contributed by atoms with Gasteiger partial charge in [-0.2, -0.15) is 0 Å². The van der Waals surface area contributed by atoms with Crippen LogP contribution in [-0.2, 0) is 19.7 Å². The second kappa shape index (κ2) is 6.95. The van der Waals surface area contributed by atoms with Gasteiger partial charge in [0.15, 0.2) is 19.7 Å². The van der Waals surface area contributed by atoms with Crippen LogP contribution in [0.4, 0.5) is 0 Å². The number of hydrogen-bond acceptors (Lipinski definition) is 6. The Bertz CT molecular complexity index is 694. The van der Waals surface area contributed by atoms with Gasteiger partial charge in [0.05, 0.1) is 5.25 Å². The van der Waals surface area contributed by atoms with Crippen LogP contribution < -0.4 is 5.32 Å². The summed E-state index contributed by atoms with van der Waals surface area (Å²) in [5.74, 6) is 0. The Balaban J connectivity index is 0.00000200. The summed E-state index contributed by atoms with van der Waals surface area (Å²) in [7, 11) is -6.77. The average Bonchev–Trinajstić information content (AvgIpc) is 2.72. The van der Waals surface area contributed by atoms with Crippen LogP contribution in [0.15, 0.2) is 14.5 Å². The summed E-state index contributed by atoms with van der Waals surface area (Å²) in [6, 6.07) is 1.41. The zero-order valence-electron chi connectivity index (χ0n) is 11.4. The molecule has 0 aliphatic carbocycles. The molecule has 0 bridgehead atoms. The number of sulfone groups is 2. The van der Waals surface area contributed by atoms with Crippen molar-refractivity contribution < 1.29 is 16.8 Å². The van der Waals surface area contributed by atoms with Crippen molar-refractivity contribution in [2.45, 2.75) is 47.4 Å². The number of thiophene rings is 1. The van der Waals surface area contributed by atoms with Crippen molar-refractivity contribution in [3.05, 3.63) is 11.6 Å². The second-order valence-corrected chi connectivity index (χ2v) is 10.6. The lowest BCUT2D eigenvalue weighted by Gasteiger charge is -2.27. The molecule has 1 aliphatic rings. The number of rotatable bonds is 3. The van der Waals surface area contributed by atoms with Gasteiger partial charge in [-0.3, -0.25) is 0 Å². The Morgan fingerprint density at radius 3 is 2.48 bits per heavy atom. The summed E-state index contributed by atoms with van der Waals surface area (Å²) >= 11 is 0.867. The molecule has 124 valence electrons. The maximum atomic E-state index is 12.3. The highest BCUT2D eigenvalue weighted by Crippen LogP contribution is 2.42. The highest BCUT2D eigenvalue weighted by Gasteiger charge is 2.38. The quantitative estimate of drug-likeness (QED) is 0.877. The molecule has 1 aromatic rings. The third-order valence-corrected chi connectivity index (χ3v) is 8.95. The van der Waals surface area contributed by atoms with Gasteiger partial charge < -0.3 is 5.32 Å². The standard InChI is InChI=1S/C11H17NO4S3.CH4.ClH/c1-4-12-9-5-7(2)19(15,16)11-8(9)6-10(17-11)18(3,13)14;;/h6-7,9,12H,4-5H2,1-3H3;1H4;1H/t7-,9-;;/m0../s1. The van der Waals surface area contributed by atoms with Crippen molar-refractivity contribution in [2.75, 3.05) is 12.8 Å². The van der Waals surface area contributed by atoms with E-state index < -0.39 is 24.9 Å². The summed E-state index contributed by atoms with van der Waals surface area (Å²) in [5, 5.41) is 2.73. The van der Waals surface area contributed by atoms with Gasteiger partial charge in [0.1, 0.15) is 8.42 Å². The number of fused-ring (bicyclic) bond motifs is 1. The number of nitrogens with one attached hydrogen (secondary N) is 1. The first-order valence-electron chi connectivity index (χ1n) is 5.99. The molecule has 0 radical (unpaired) electrons. The summed E-state index contributed by atoms with van der Waals surface area (Å²) in [4.78, 5) is 0. The van der Waals surface area contributed by atoms with Gasteiger partial charge in [-0.1, -0.05) is 14.4 Å². The van der Waals surface area contributed by atoms with Crippen molar-refractivity contribution in [3.8, 4) is 0 Å². The van der Waals surface area contributed by atoms with E-state index in [9.17, 15) is 16.8 Å². The Kier molecular flexibility index (Phi) is 6.90. The summed E-state index contributed by atoms with van der Waals surface area (Å²) in [6.07, 6.45) is 1.58. The molecular weight excluding hydrogens is 354 g/mol. The highest BCUT2D eigenvalue weighted by atomic mass is 35.5. The maximum Gasteiger partial charge on any atom is 0.190 e. The van der Waals surface area contributed by atoms with Crippen LogP contribution in [0.25, 0.3) is 0 Å². The van der Waals surface area contributed by atoms with Crippen LogP contribution in [-0.4, -0.2) is 34.9 Å². The molecule has 0 amide bonds. The minimum Gasteiger partial charge on any atom is -0.310 e. The second-order valence-electron chi connectivity index (χ2n) is 4.78. The first-order chi connectivity index (χ1) is 8.67. The average molecular weight is 376 g/mol. The molecule has 0 saturated carbocycles. The van der Waals surface area contributed by atoms with Crippen molar-refractivity contribution in [3.63, 3.8) is 0 Å². The number of hydrogen-bond donors (Lipinski definition) is 1. The molecule has 5 nitrogen and oxygen atoms in total. The monoisotopic (exact) mass is 375 g/mol. The first-order valence-corrected chi connectivity index (χ1v) is 10.2. The lowest BCUT2D eigenvalue weighted by atomic mass is 10.1. The molecule has 2 atom stereocenters. The van der Waals surface area contributed by atoms with E-state index in [0.717, 1.165) is 17.6 Å². The van der Waals surface area contributed by atoms with Crippen LogP contribution in [0.1, 0.15) is 39.3 Å². The highest BCUT2D eigenvalue weighted by molar-refractivity contribution is 7.96. The molecule has 1 N–H and O–H groups in total. The van der Waals surface area contributed by atoms with Gasteiger partial charge in [0.2, 0.25) is 0 Å². The van der Waals surface area contributed by atoms with E-state index in [0.29, 0.717) is 18.5 Å². The molecule has 0 spiro atoms. The topological polar surface area (TPSA) is 80.3 Å². The van der Waals surface area contributed by atoms with E-state index in [1.165, 1.54) is 6.07 Å². The molecule has 1 aliphatic heterocycles.